The van der Waals surface area contributed by atoms with Gasteiger partial charge in [-0.2, -0.15) is 0 Å². The van der Waals surface area contributed by atoms with Gasteiger partial charge < -0.3 is 19.7 Å². The van der Waals surface area contributed by atoms with Gasteiger partial charge in [0.2, 0.25) is 0 Å². The summed E-state index contributed by atoms with van der Waals surface area (Å²) in [5.74, 6) is -0.297. The topological polar surface area (TPSA) is 93.6 Å². The number of methoxy groups -OCH3 is 1. The lowest BCUT2D eigenvalue weighted by Crippen LogP contribution is -2.56. The van der Waals surface area contributed by atoms with Crippen LogP contribution >= 0.6 is 11.6 Å². The Morgan fingerprint density at radius 1 is 1.05 bits per heavy atom. The molecule has 0 aliphatic heterocycles. The van der Waals surface area contributed by atoms with E-state index in [0.717, 1.165) is 60.2 Å². The minimum Gasteiger partial charge on any atom is -0.492 e. The van der Waals surface area contributed by atoms with Gasteiger partial charge in [0.25, 0.3) is 5.91 Å². The zero-order chi connectivity index (χ0) is 29.6. The molecule has 8 nitrogen and oxygen atoms in total. The molecule has 0 bridgehead atoms. The van der Waals surface area contributed by atoms with Crippen LogP contribution in [0, 0.1) is 13.8 Å². The summed E-state index contributed by atoms with van der Waals surface area (Å²) in [6, 6.07) is 11.1. The minimum atomic E-state index is -1.05. The zero-order valence-electron chi connectivity index (χ0n) is 24.6. The maximum atomic E-state index is 13.6. The Hall–Kier alpha value is -3.49. The highest BCUT2D eigenvalue weighted by Crippen LogP contribution is 2.36. The molecule has 1 aliphatic carbocycles. The molecule has 1 aliphatic rings. The first-order chi connectivity index (χ1) is 19.6. The Bertz CT molecular complexity index is 1400. The molecule has 0 saturated heterocycles. The SMILES string of the molecule is COC(=O)C1(NC(=O)c2ccc(-c3ncc(C)cc3C)c(-c3ccc(Cl)c(OCCCN(C)C)c3)n2)CCCCC1. The van der Waals surface area contributed by atoms with E-state index in [1.165, 1.54) is 7.11 Å². The van der Waals surface area contributed by atoms with Crippen LogP contribution in [0.2, 0.25) is 5.02 Å². The molecule has 1 saturated carbocycles. The number of pyridine rings is 2. The third-order valence-electron chi connectivity index (χ3n) is 7.45. The van der Waals surface area contributed by atoms with Gasteiger partial charge in [-0.25, -0.2) is 9.78 Å². The predicted octanol–water partition coefficient (Wildman–Crippen LogP) is 6.02. The normalized spacial score (nSPS) is 14.5. The molecular weight excluding hydrogens is 540 g/mol. The van der Waals surface area contributed by atoms with Gasteiger partial charge >= 0.3 is 5.97 Å². The average Bonchev–Trinajstić information content (AvgIpc) is 2.96. The molecule has 1 amide bonds. The summed E-state index contributed by atoms with van der Waals surface area (Å²) < 4.78 is 11.1. The maximum absolute atomic E-state index is 13.6. The lowest BCUT2D eigenvalue weighted by Gasteiger charge is -2.35. The van der Waals surface area contributed by atoms with E-state index >= 15 is 0 Å². The summed E-state index contributed by atoms with van der Waals surface area (Å²) in [4.78, 5) is 38.0. The Labute approximate surface area is 247 Å². The van der Waals surface area contributed by atoms with Crippen LogP contribution in [0.15, 0.2) is 42.6 Å². The van der Waals surface area contributed by atoms with E-state index in [0.29, 0.717) is 35.9 Å². The van der Waals surface area contributed by atoms with E-state index in [4.69, 9.17) is 31.0 Å². The number of aromatic nitrogens is 2. The van der Waals surface area contributed by atoms with Crippen molar-refractivity contribution >= 4 is 23.5 Å². The molecule has 0 spiro atoms. The number of carbonyl (C=O) groups is 2. The molecule has 1 fully saturated rings. The molecule has 41 heavy (non-hydrogen) atoms. The first kappa shape index (κ1) is 30.5. The third kappa shape index (κ3) is 7.24. The molecule has 9 heteroatoms. The van der Waals surface area contributed by atoms with Crippen LogP contribution in [0.5, 0.6) is 5.75 Å². The molecule has 1 aromatic carbocycles. The summed E-state index contributed by atoms with van der Waals surface area (Å²) >= 11 is 6.50. The summed E-state index contributed by atoms with van der Waals surface area (Å²) in [5.41, 5.74) is 4.06. The summed E-state index contributed by atoms with van der Waals surface area (Å²) in [7, 11) is 5.40. The number of amides is 1. The lowest BCUT2D eigenvalue weighted by molar-refractivity contribution is -0.149. The quantitative estimate of drug-likeness (QED) is 0.232. The Kier molecular flexibility index (Phi) is 9.99. The van der Waals surface area contributed by atoms with Crippen LogP contribution in [0.3, 0.4) is 0 Å². The Morgan fingerprint density at radius 3 is 2.49 bits per heavy atom. The van der Waals surface area contributed by atoms with Crippen molar-refractivity contribution in [3.63, 3.8) is 0 Å². The van der Waals surface area contributed by atoms with Crippen LogP contribution < -0.4 is 10.1 Å². The largest absolute Gasteiger partial charge is 0.492 e. The molecule has 0 radical (unpaired) electrons. The number of nitrogens with one attached hydrogen (secondary N) is 1. The van der Waals surface area contributed by atoms with Crippen LogP contribution in [-0.4, -0.2) is 66.6 Å². The third-order valence-corrected chi connectivity index (χ3v) is 7.76. The molecule has 1 N–H and O–H groups in total. The van der Waals surface area contributed by atoms with Crippen LogP contribution in [0.4, 0.5) is 0 Å². The molecule has 4 rings (SSSR count). The van der Waals surface area contributed by atoms with Gasteiger partial charge in [-0.1, -0.05) is 43.0 Å². The molecule has 218 valence electrons. The smallest absolute Gasteiger partial charge is 0.331 e. The van der Waals surface area contributed by atoms with E-state index in [1.54, 1.807) is 12.1 Å². The van der Waals surface area contributed by atoms with E-state index in [2.05, 4.69) is 16.3 Å². The van der Waals surface area contributed by atoms with Gasteiger partial charge in [0.1, 0.15) is 17.0 Å². The Balaban J connectivity index is 1.75. The fraction of sp³-hybridized carbons (Fsp3) is 0.438. The lowest BCUT2D eigenvalue weighted by atomic mass is 9.81. The number of hydrogen-bond acceptors (Lipinski definition) is 7. The highest BCUT2D eigenvalue weighted by atomic mass is 35.5. The number of benzene rings is 1. The fourth-order valence-corrected chi connectivity index (χ4v) is 5.50. The number of halogens is 1. The van der Waals surface area contributed by atoms with Crippen molar-refractivity contribution in [2.75, 3.05) is 34.4 Å². The zero-order valence-corrected chi connectivity index (χ0v) is 25.3. The van der Waals surface area contributed by atoms with Gasteiger partial charge in [0.15, 0.2) is 0 Å². The summed E-state index contributed by atoms with van der Waals surface area (Å²) in [6.45, 7) is 5.41. The number of carbonyl (C=O) groups excluding carboxylic acids is 2. The molecular formula is C32H39ClN4O4. The standard InChI is InChI=1S/C32H39ClN4O4/c1-21-18-22(2)28(34-20-21)24-11-13-26(30(38)36-32(31(39)40-5)14-7-6-8-15-32)35-29(24)23-10-12-25(33)27(19-23)41-17-9-16-37(3)4/h10-13,18-20H,6-9,14-17H2,1-5H3,(H,36,38). The van der Waals surface area contributed by atoms with Gasteiger partial charge in [-0.15, -0.1) is 0 Å². The second-order valence-electron chi connectivity index (χ2n) is 11.0. The van der Waals surface area contributed by atoms with Gasteiger partial charge in [0, 0.05) is 23.9 Å². The first-order valence-corrected chi connectivity index (χ1v) is 14.4. The van der Waals surface area contributed by atoms with Crippen molar-refractivity contribution in [3.8, 4) is 28.3 Å². The van der Waals surface area contributed by atoms with Crippen molar-refractivity contribution in [2.24, 2.45) is 0 Å². The van der Waals surface area contributed by atoms with E-state index in [9.17, 15) is 9.59 Å². The van der Waals surface area contributed by atoms with Gasteiger partial charge in [0.05, 0.1) is 30.1 Å². The summed E-state index contributed by atoms with van der Waals surface area (Å²) in [5, 5.41) is 3.47. The van der Waals surface area contributed by atoms with E-state index in [-0.39, 0.29) is 5.69 Å². The van der Waals surface area contributed by atoms with E-state index < -0.39 is 17.4 Å². The summed E-state index contributed by atoms with van der Waals surface area (Å²) in [6.07, 6.45) is 6.44. The average molecular weight is 579 g/mol. The van der Waals surface area contributed by atoms with Gasteiger partial charge in [-0.3, -0.25) is 9.78 Å². The van der Waals surface area contributed by atoms with Crippen LogP contribution in [-0.2, 0) is 9.53 Å². The van der Waals surface area contributed by atoms with Crippen molar-refractivity contribution in [2.45, 2.75) is 57.9 Å². The molecule has 0 atom stereocenters. The van der Waals surface area contributed by atoms with Crippen molar-refractivity contribution in [1.82, 2.24) is 20.2 Å². The number of ether oxygens (including phenoxy) is 2. The van der Waals surface area contributed by atoms with Crippen molar-refractivity contribution in [1.29, 1.82) is 0 Å². The van der Waals surface area contributed by atoms with E-state index in [1.807, 2.05) is 52.3 Å². The monoisotopic (exact) mass is 578 g/mol. The number of aryl methyl sites for hydroxylation is 2. The second kappa shape index (κ2) is 13.4. The first-order valence-electron chi connectivity index (χ1n) is 14.1. The van der Waals surface area contributed by atoms with Crippen LogP contribution in [0.25, 0.3) is 22.5 Å². The number of hydrogen-bond donors (Lipinski definition) is 1. The Morgan fingerprint density at radius 2 is 1.80 bits per heavy atom. The second-order valence-corrected chi connectivity index (χ2v) is 11.4. The van der Waals surface area contributed by atoms with Crippen molar-refractivity contribution < 1.29 is 19.1 Å². The molecule has 2 heterocycles. The molecule has 3 aromatic rings. The number of esters is 1. The predicted molar refractivity (Wildman–Crippen MR) is 161 cm³/mol. The number of nitrogens with zero attached hydrogens (tertiary/aromatic N) is 3. The highest BCUT2D eigenvalue weighted by Gasteiger charge is 2.42. The molecule has 0 unspecified atom stereocenters. The molecule has 2 aromatic heterocycles. The fourth-order valence-electron chi connectivity index (χ4n) is 5.33. The van der Waals surface area contributed by atoms with Crippen molar-refractivity contribution in [3.05, 3.63) is 64.4 Å². The number of rotatable bonds is 10. The highest BCUT2D eigenvalue weighted by molar-refractivity contribution is 6.32. The van der Waals surface area contributed by atoms with Crippen LogP contribution in [0.1, 0.15) is 60.1 Å². The minimum absolute atomic E-state index is 0.200. The maximum Gasteiger partial charge on any atom is 0.331 e. The van der Waals surface area contributed by atoms with Gasteiger partial charge in [-0.05, 0) is 82.6 Å².